The summed E-state index contributed by atoms with van der Waals surface area (Å²) in [6, 6.07) is 0. The monoisotopic (exact) mass is 229 g/mol. The van der Waals surface area contributed by atoms with Gasteiger partial charge in [0.05, 0.1) is 6.61 Å². The lowest BCUT2D eigenvalue weighted by atomic mass is 9.95. The van der Waals surface area contributed by atoms with Gasteiger partial charge in [-0.25, -0.2) is 9.59 Å². The summed E-state index contributed by atoms with van der Waals surface area (Å²) in [5, 5.41) is 11.1. The van der Waals surface area contributed by atoms with E-state index in [4.69, 9.17) is 5.11 Å². The van der Waals surface area contributed by atoms with Gasteiger partial charge in [-0.15, -0.1) is 6.58 Å². The van der Waals surface area contributed by atoms with Crippen molar-refractivity contribution in [3.8, 4) is 0 Å². The van der Waals surface area contributed by atoms with Crippen LogP contribution in [0.3, 0.4) is 0 Å². The fourth-order valence-corrected chi connectivity index (χ4v) is 1.18. The van der Waals surface area contributed by atoms with Gasteiger partial charge in [0, 0.05) is 13.3 Å². The summed E-state index contributed by atoms with van der Waals surface area (Å²) in [6.45, 7) is 6.06. The molecule has 6 heteroatoms. The number of aliphatic carboxylic acids is 1. The van der Waals surface area contributed by atoms with Gasteiger partial charge in [0.25, 0.3) is 0 Å². The third kappa shape index (κ3) is 3.08. The fraction of sp³-hybridized carbons (Fsp3) is 0.500. The van der Waals surface area contributed by atoms with E-state index in [0.717, 1.165) is 6.92 Å². The molecule has 0 spiro atoms. The fourth-order valence-electron chi connectivity index (χ4n) is 1.18. The van der Waals surface area contributed by atoms with Crippen molar-refractivity contribution >= 4 is 17.8 Å². The highest BCUT2D eigenvalue weighted by Gasteiger charge is 2.47. The summed E-state index contributed by atoms with van der Waals surface area (Å²) in [4.78, 5) is 33.6. The Morgan fingerprint density at radius 3 is 2.38 bits per heavy atom. The van der Waals surface area contributed by atoms with Gasteiger partial charge in [-0.05, 0) is 6.92 Å². The minimum absolute atomic E-state index is 0.0323. The van der Waals surface area contributed by atoms with Crippen LogP contribution in [-0.4, -0.2) is 35.1 Å². The molecule has 0 aromatic rings. The topological polar surface area (TPSA) is 92.7 Å². The summed E-state index contributed by atoms with van der Waals surface area (Å²) in [7, 11) is 0. The van der Waals surface area contributed by atoms with Gasteiger partial charge in [-0.2, -0.15) is 0 Å². The molecule has 1 atom stereocenters. The van der Waals surface area contributed by atoms with E-state index in [1.54, 1.807) is 6.92 Å². The largest absolute Gasteiger partial charge is 0.479 e. The van der Waals surface area contributed by atoms with Gasteiger partial charge in [-0.3, -0.25) is 4.79 Å². The first-order valence-corrected chi connectivity index (χ1v) is 4.71. The highest BCUT2D eigenvalue weighted by Crippen LogP contribution is 2.14. The summed E-state index contributed by atoms with van der Waals surface area (Å²) in [5.74, 6) is -3.10. The number of hydrogen-bond donors (Lipinski definition) is 2. The Bertz CT molecular complexity index is 312. The second-order valence-corrected chi connectivity index (χ2v) is 3.10. The molecule has 0 rings (SSSR count). The quantitative estimate of drug-likeness (QED) is 0.382. The van der Waals surface area contributed by atoms with Gasteiger partial charge in [-0.1, -0.05) is 6.08 Å². The number of hydrogen-bond acceptors (Lipinski definition) is 4. The highest BCUT2D eigenvalue weighted by molar-refractivity contribution is 6.07. The lowest BCUT2D eigenvalue weighted by molar-refractivity contribution is -0.164. The van der Waals surface area contributed by atoms with E-state index in [0.29, 0.717) is 0 Å². The number of nitrogens with one attached hydrogen (secondary N) is 1. The molecule has 0 aromatic heterocycles. The predicted molar refractivity (Wildman–Crippen MR) is 55.6 cm³/mol. The lowest BCUT2D eigenvalue weighted by Gasteiger charge is -2.26. The highest BCUT2D eigenvalue weighted by atomic mass is 16.5. The first-order valence-electron chi connectivity index (χ1n) is 4.71. The molecule has 2 N–H and O–H groups in total. The van der Waals surface area contributed by atoms with Crippen LogP contribution >= 0.6 is 0 Å². The molecule has 90 valence electrons. The van der Waals surface area contributed by atoms with Crippen molar-refractivity contribution in [2.24, 2.45) is 0 Å². The minimum Gasteiger partial charge on any atom is -0.479 e. The number of carbonyl (C=O) groups excluding carboxylic acids is 2. The van der Waals surface area contributed by atoms with Crippen LogP contribution in [0, 0.1) is 0 Å². The zero-order chi connectivity index (χ0) is 12.8. The van der Waals surface area contributed by atoms with E-state index in [2.05, 4.69) is 16.6 Å². The molecule has 0 aromatic carbocycles. The molecule has 0 radical (unpaired) electrons. The van der Waals surface area contributed by atoms with E-state index in [9.17, 15) is 14.4 Å². The van der Waals surface area contributed by atoms with Crippen LogP contribution in [0.25, 0.3) is 0 Å². The molecular formula is C10H15NO5. The molecule has 0 saturated heterocycles. The Morgan fingerprint density at radius 1 is 1.50 bits per heavy atom. The van der Waals surface area contributed by atoms with Crippen LogP contribution in [0.4, 0.5) is 0 Å². The standard InChI is InChI=1S/C10H15NO5/c1-4-6-10(8(13)14,11-7(3)12)9(15)16-5-2/h4H,1,5-6H2,2-3H3,(H,11,12)(H,13,14). The predicted octanol–water partition coefficient (Wildman–Crippen LogP) is 0.0851. The number of carboxylic acid groups (broad SMARTS) is 1. The number of carboxylic acids is 1. The molecule has 1 unspecified atom stereocenters. The number of carbonyl (C=O) groups is 3. The van der Waals surface area contributed by atoms with Gasteiger partial charge in [0.2, 0.25) is 11.4 Å². The number of rotatable bonds is 6. The Balaban J connectivity index is 5.23. The maximum atomic E-state index is 11.6. The van der Waals surface area contributed by atoms with Gasteiger partial charge in [0.15, 0.2) is 0 Å². The molecule has 0 aliphatic rings. The summed E-state index contributed by atoms with van der Waals surface area (Å²) >= 11 is 0. The second-order valence-electron chi connectivity index (χ2n) is 3.10. The van der Waals surface area contributed by atoms with Crippen LogP contribution in [0.2, 0.25) is 0 Å². The van der Waals surface area contributed by atoms with Crippen LogP contribution in [0.15, 0.2) is 12.7 Å². The molecule has 0 heterocycles. The smallest absolute Gasteiger partial charge is 0.344 e. The summed E-state index contributed by atoms with van der Waals surface area (Å²) < 4.78 is 4.64. The molecule has 0 aliphatic carbocycles. The summed E-state index contributed by atoms with van der Waals surface area (Å²) in [6.07, 6.45) is 1.00. The maximum Gasteiger partial charge on any atom is 0.344 e. The van der Waals surface area contributed by atoms with E-state index in [1.807, 2.05) is 0 Å². The molecule has 16 heavy (non-hydrogen) atoms. The molecule has 1 amide bonds. The zero-order valence-electron chi connectivity index (χ0n) is 9.28. The van der Waals surface area contributed by atoms with Crippen molar-refractivity contribution < 1.29 is 24.2 Å². The van der Waals surface area contributed by atoms with Crippen LogP contribution in [0.1, 0.15) is 20.3 Å². The van der Waals surface area contributed by atoms with Crippen LogP contribution in [0.5, 0.6) is 0 Å². The van der Waals surface area contributed by atoms with Crippen molar-refractivity contribution in [2.45, 2.75) is 25.8 Å². The van der Waals surface area contributed by atoms with Crippen LogP contribution < -0.4 is 5.32 Å². The van der Waals surface area contributed by atoms with Crippen molar-refractivity contribution in [3.05, 3.63) is 12.7 Å². The van der Waals surface area contributed by atoms with Gasteiger partial charge in [0.1, 0.15) is 0 Å². The molecule has 0 saturated carbocycles. The molecule has 0 fully saturated rings. The van der Waals surface area contributed by atoms with Crippen molar-refractivity contribution in [3.63, 3.8) is 0 Å². The van der Waals surface area contributed by atoms with E-state index >= 15 is 0 Å². The first-order chi connectivity index (χ1) is 7.40. The molecule has 6 nitrogen and oxygen atoms in total. The first kappa shape index (κ1) is 14.2. The molecule has 0 bridgehead atoms. The van der Waals surface area contributed by atoms with Crippen molar-refractivity contribution in [2.75, 3.05) is 6.61 Å². The van der Waals surface area contributed by atoms with Crippen molar-refractivity contribution in [1.29, 1.82) is 0 Å². The Hall–Kier alpha value is -1.85. The number of amides is 1. The van der Waals surface area contributed by atoms with Crippen molar-refractivity contribution in [1.82, 2.24) is 5.32 Å². The average molecular weight is 229 g/mol. The normalized spacial score (nSPS) is 13.4. The third-order valence-corrected chi connectivity index (χ3v) is 1.83. The third-order valence-electron chi connectivity index (χ3n) is 1.83. The Morgan fingerprint density at radius 2 is 2.06 bits per heavy atom. The summed E-state index contributed by atoms with van der Waals surface area (Å²) in [5.41, 5.74) is -2.08. The Kier molecular flexibility index (Phi) is 5.21. The Labute approximate surface area is 93.3 Å². The lowest BCUT2D eigenvalue weighted by Crippen LogP contribution is -2.60. The minimum atomic E-state index is -2.08. The van der Waals surface area contributed by atoms with E-state index in [-0.39, 0.29) is 13.0 Å². The molecule has 0 aliphatic heterocycles. The second kappa shape index (κ2) is 5.89. The zero-order valence-corrected chi connectivity index (χ0v) is 9.28. The van der Waals surface area contributed by atoms with Gasteiger partial charge < -0.3 is 15.2 Å². The molecular weight excluding hydrogens is 214 g/mol. The average Bonchev–Trinajstić information content (AvgIpc) is 2.16. The van der Waals surface area contributed by atoms with Crippen LogP contribution in [-0.2, 0) is 19.1 Å². The number of ether oxygens (including phenoxy) is 1. The van der Waals surface area contributed by atoms with Gasteiger partial charge >= 0.3 is 11.9 Å². The van der Waals surface area contributed by atoms with E-state index < -0.39 is 23.4 Å². The maximum absolute atomic E-state index is 11.6. The van der Waals surface area contributed by atoms with E-state index in [1.165, 1.54) is 6.08 Å². The number of esters is 1. The SMILES string of the molecule is C=CCC(NC(C)=O)(C(=O)O)C(=O)OCC.